The van der Waals surface area contributed by atoms with Gasteiger partial charge in [-0.1, -0.05) is 13.8 Å². The Kier molecular flexibility index (Phi) is 4.39. The van der Waals surface area contributed by atoms with E-state index in [2.05, 4.69) is 13.8 Å². The Labute approximate surface area is 87.7 Å². The van der Waals surface area contributed by atoms with Crippen molar-refractivity contribution < 1.29 is 9.84 Å². The van der Waals surface area contributed by atoms with Crippen molar-refractivity contribution in [3.8, 4) is 0 Å². The van der Waals surface area contributed by atoms with E-state index in [1.807, 2.05) is 6.92 Å². The number of rotatable bonds is 3. The Morgan fingerprint density at radius 1 is 1.14 bits per heavy atom. The molecule has 5 atom stereocenters. The van der Waals surface area contributed by atoms with Crippen molar-refractivity contribution in [2.75, 3.05) is 0 Å². The van der Waals surface area contributed by atoms with Crippen molar-refractivity contribution in [1.29, 1.82) is 0 Å². The molecule has 4 unspecified atom stereocenters. The molecule has 84 valence electrons. The Balaban J connectivity index is 2.33. The molecule has 2 heteroatoms. The number of hydrogen-bond acceptors (Lipinski definition) is 2. The van der Waals surface area contributed by atoms with Crippen molar-refractivity contribution >= 4 is 0 Å². The zero-order valence-electron chi connectivity index (χ0n) is 9.86. The highest BCUT2D eigenvalue weighted by Crippen LogP contribution is 2.31. The fourth-order valence-electron chi connectivity index (χ4n) is 2.04. The third-order valence-electron chi connectivity index (χ3n) is 3.64. The van der Waals surface area contributed by atoms with Crippen LogP contribution in [-0.4, -0.2) is 23.4 Å². The summed E-state index contributed by atoms with van der Waals surface area (Å²) in [5.74, 6) is 1.59. The topological polar surface area (TPSA) is 29.5 Å². The third-order valence-corrected chi connectivity index (χ3v) is 3.64. The van der Waals surface area contributed by atoms with Gasteiger partial charge < -0.3 is 9.84 Å². The van der Waals surface area contributed by atoms with Crippen molar-refractivity contribution in [2.24, 2.45) is 11.8 Å². The molecule has 0 aromatic rings. The monoisotopic (exact) mass is 200 g/mol. The largest absolute Gasteiger partial charge is 0.391 e. The second kappa shape index (κ2) is 5.13. The lowest BCUT2D eigenvalue weighted by Crippen LogP contribution is -2.33. The molecule has 0 spiro atoms. The van der Waals surface area contributed by atoms with E-state index >= 15 is 0 Å². The van der Waals surface area contributed by atoms with E-state index in [0.717, 1.165) is 24.7 Å². The van der Waals surface area contributed by atoms with Gasteiger partial charge in [-0.3, -0.25) is 0 Å². The maximum Gasteiger partial charge on any atom is 0.0806 e. The smallest absolute Gasteiger partial charge is 0.0806 e. The van der Waals surface area contributed by atoms with Gasteiger partial charge in [0.05, 0.1) is 18.3 Å². The molecule has 2 nitrogen and oxygen atoms in total. The van der Waals surface area contributed by atoms with Crippen LogP contribution in [0.3, 0.4) is 0 Å². The SMILES string of the molecule is CC1CCC(OC(C)[C@@H](C)O)CC1C. The predicted octanol–water partition coefficient (Wildman–Crippen LogP) is 2.60. The quantitative estimate of drug-likeness (QED) is 0.759. The minimum atomic E-state index is -0.357. The summed E-state index contributed by atoms with van der Waals surface area (Å²) < 4.78 is 5.82. The first-order chi connectivity index (χ1) is 6.50. The minimum Gasteiger partial charge on any atom is -0.391 e. The fourth-order valence-corrected chi connectivity index (χ4v) is 2.04. The average Bonchev–Trinajstić information content (AvgIpc) is 2.11. The third kappa shape index (κ3) is 3.25. The van der Waals surface area contributed by atoms with E-state index in [-0.39, 0.29) is 12.2 Å². The second-order valence-corrected chi connectivity index (χ2v) is 4.97. The van der Waals surface area contributed by atoms with Crippen LogP contribution in [-0.2, 0) is 4.74 Å². The summed E-state index contributed by atoms with van der Waals surface area (Å²) in [6, 6.07) is 0. The number of aliphatic hydroxyl groups is 1. The summed E-state index contributed by atoms with van der Waals surface area (Å²) in [5.41, 5.74) is 0. The second-order valence-electron chi connectivity index (χ2n) is 4.97. The average molecular weight is 200 g/mol. The van der Waals surface area contributed by atoms with Crippen LogP contribution in [0.5, 0.6) is 0 Å². The van der Waals surface area contributed by atoms with Gasteiger partial charge in [-0.05, 0) is 44.9 Å². The molecule has 1 fully saturated rings. The van der Waals surface area contributed by atoms with Gasteiger partial charge >= 0.3 is 0 Å². The molecule has 0 aliphatic heterocycles. The standard InChI is InChI=1S/C12H24O2/c1-8-5-6-12(7-9(8)2)14-11(4)10(3)13/h8-13H,5-7H2,1-4H3/t8?,9?,10-,11?,12?/m1/s1. The van der Waals surface area contributed by atoms with Gasteiger partial charge in [0, 0.05) is 0 Å². The van der Waals surface area contributed by atoms with Crippen LogP contribution in [0.25, 0.3) is 0 Å². The van der Waals surface area contributed by atoms with E-state index < -0.39 is 0 Å². The van der Waals surface area contributed by atoms with Gasteiger partial charge in [0.15, 0.2) is 0 Å². The van der Waals surface area contributed by atoms with Gasteiger partial charge in [0.25, 0.3) is 0 Å². The molecule has 1 aliphatic carbocycles. The molecule has 0 radical (unpaired) electrons. The lowest BCUT2D eigenvalue weighted by molar-refractivity contribution is -0.0835. The summed E-state index contributed by atoms with van der Waals surface area (Å²) in [4.78, 5) is 0. The zero-order valence-corrected chi connectivity index (χ0v) is 9.86. The normalized spacial score (nSPS) is 37.9. The molecule has 0 heterocycles. The lowest BCUT2D eigenvalue weighted by atomic mass is 9.80. The summed E-state index contributed by atoms with van der Waals surface area (Å²) in [5, 5.41) is 9.34. The first-order valence-electron chi connectivity index (χ1n) is 5.84. The van der Waals surface area contributed by atoms with Crippen LogP contribution in [0.15, 0.2) is 0 Å². The molecule has 0 aromatic carbocycles. The van der Waals surface area contributed by atoms with Gasteiger partial charge in [-0.25, -0.2) is 0 Å². The van der Waals surface area contributed by atoms with Crippen molar-refractivity contribution in [3.05, 3.63) is 0 Å². The highest BCUT2D eigenvalue weighted by molar-refractivity contribution is 4.76. The Morgan fingerprint density at radius 2 is 1.79 bits per heavy atom. The zero-order chi connectivity index (χ0) is 10.7. The van der Waals surface area contributed by atoms with Crippen LogP contribution in [0.2, 0.25) is 0 Å². The minimum absolute atomic E-state index is 0.0272. The molecule has 1 N–H and O–H groups in total. The molecule has 0 aromatic heterocycles. The van der Waals surface area contributed by atoms with Gasteiger partial charge in [-0.2, -0.15) is 0 Å². The molecule has 14 heavy (non-hydrogen) atoms. The van der Waals surface area contributed by atoms with Crippen molar-refractivity contribution in [3.63, 3.8) is 0 Å². The predicted molar refractivity (Wildman–Crippen MR) is 58.2 cm³/mol. The highest BCUT2D eigenvalue weighted by atomic mass is 16.5. The molecule has 1 saturated carbocycles. The highest BCUT2D eigenvalue weighted by Gasteiger charge is 2.26. The fraction of sp³-hybridized carbons (Fsp3) is 1.00. The maximum absolute atomic E-state index is 9.34. The summed E-state index contributed by atoms with van der Waals surface area (Å²) >= 11 is 0. The summed E-state index contributed by atoms with van der Waals surface area (Å²) in [7, 11) is 0. The van der Waals surface area contributed by atoms with Crippen LogP contribution in [0.1, 0.15) is 47.0 Å². The van der Waals surface area contributed by atoms with Crippen LogP contribution < -0.4 is 0 Å². The van der Waals surface area contributed by atoms with E-state index in [9.17, 15) is 5.11 Å². The summed E-state index contributed by atoms with van der Waals surface area (Å²) in [6.45, 7) is 8.36. The Morgan fingerprint density at radius 3 is 2.29 bits per heavy atom. The molecular formula is C12H24O2. The van der Waals surface area contributed by atoms with Crippen LogP contribution in [0.4, 0.5) is 0 Å². The van der Waals surface area contributed by atoms with Gasteiger partial charge in [0.1, 0.15) is 0 Å². The van der Waals surface area contributed by atoms with Crippen LogP contribution in [0, 0.1) is 11.8 Å². The Hall–Kier alpha value is -0.0800. The van der Waals surface area contributed by atoms with E-state index in [1.54, 1.807) is 6.92 Å². The lowest BCUT2D eigenvalue weighted by Gasteiger charge is -2.34. The van der Waals surface area contributed by atoms with Crippen molar-refractivity contribution in [2.45, 2.75) is 65.3 Å². The number of ether oxygens (including phenoxy) is 1. The van der Waals surface area contributed by atoms with E-state index in [4.69, 9.17) is 4.74 Å². The van der Waals surface area contributed by atoms with Crippen molar-refractivity contribution in [1.82, 2.24) is 0 Å². The Bertz CT molecular complexity index is 168. The summed E-state index contributed by atoms with van der Waals surface area (Å²) in [6.07, 6.45) is 3.55. The molecule has 1 rings (SSSR count). The van der Waals surface area contributed by atoms with Gasteiger partial charge in [0.2, 0.25) is 0 Å². The van der Waals surface area contributed by atoms with E-state index in [1.165, 1.54) is 6.42 Å². The number of aliphatic hydroxyl groups excluding tert-OH is 1. The number of hydrogen-bond donors (Lipinski definition) is 1. The molecule has 0 bridgehead atoms. The maximum atomic E-state index is 9.34. The van der Waals surface area contributed by atoms with Crippen LogP contribution >= 0.6 is 0 Å². The first kappa shape index (κ1) is 12.0. The molecule has 0 saturated heterocycles. The van der Waals surface area contributed by atoms with Gasteiger partial charge in [-0.15, -0.1) is 0 Å². The molecular weight excluding hydrogens is 176 g/mol. The molecule has 1 aliphatic rings. The first-order valence-corrected chi connectivity index (χ1v) is 5.84. The molecule has 0 amide bonds. The van der Waals surface area contributed by atoms with E-state index in [0.29, 0.717) is 6.10 Å².